The summed E-state index contributed by atoms with van der Waals surface area (Å²) in [7, 11) is -3.01. The van der Waals surface area contributed by atoms with Crippen molar-refractivity contribution in [1.82, 2.24) is 5.32 Å². The van der Waals surface area contributed by atoms with Crippen LogP contribution in [0.15, 0.2) is 0 Å². The summed E-state index contributed by atoms with van der Waals surface area (Å²) >= 11 is 0. The van der Waals surface area contributed by atoms with Gasteiger partial charge in [-0.25, -0.2) is 8.42 Å². The van der Waals surface area contributed by atoms with Crippen molar-refractivity contribution in [1.29, 1.82) is 0 Å². The van der Waals surface area contributed by atoms with Crippen LogP contribution in [0.1, 0.15) is 26.7 Å². The number of unbranched alkanes of at least 4 members (excludes halogenated alkanes) is 1. The predicted molar refractivity (Wildman–Crippen MR) is 58.1 cm³/mol. The molecule has 0 aromatic rings. The summed E-state index contributed by atoms with van der Waals surface area (Å²) in [6.07, 6.45) is 2.88. The lowest BCUT2D eigenvalue weighted by molar-refractivity contribution is 0.283. The fraction of sp³-hybridized carbons (Fsp3) is 1.00. The molecule has 0 rings (SSSR count). The number of hydrogen-bond donors (Lipinski definition) is 2. The van der Waals surface area contributed by atoms with Gasteiger partial charge in [0.15, 0.2) is 9.84 Å². The minimum absolute atomic E-state index is 0.192. The summed E-state index contributed by atoms with van der Waals surface area (Å²) in [4.78, 5) is 0. The number of nitrogens with one attached hydrogen (secondary N) is 1. The highest BCUT2D eigenvalue weighted by molar-refractivity contribution is 7.92. The van der Waals surface area contributed by atoms with Gasteiger partial charge in [0.05, 0.1) is 4.75 Å². The van der Waals surface area contributed by atoms with Gasteiger partial charge in [0, 0.05) is 19.4 Å². The van der Waals surface area contributed by atoms with E-state index in [1.54, 1.807) is 13.8 Å². The molecule has 0 spiro atoms. The van der Waals surface area contributed by atoms with Crippen LogP contribution in [0.3, 0.4) is 0 Å². The average Bonchev–Trinajstić information content (AvgIpc) is 2.02. The molecule has 14 heavy (non-hydrogen) atoms. The molecule has 0 bridgehead atoms. The maximum Gasteiger partial charge on any atom is 0.153 e. The van der Waals surface area contributed by atoms with Crippen LogP contribution in [0.2, 0.25) is 0 Å². The smallest absolute Gasteiger partial charge is 0.153 e. The summed E-state index contributed by atoms with van der Waals surface area (Å²) in [6.45, 7) is 4.82. The van der Waals surface area contributed by atoms with Crippen LogP contribution in [-0.4, -0.2) is 44.2 Å². The SMILES string of the molecule is CC(C)(CNCCCCO)S(C)(=O)=O. The zero-order valence-electron chi connectivity index (χ0n) is 9.21. The average molecular weight is 223 g/mol. The van der Waals surface area contributed by atoms with Crippen molar-refractivity contribution < 1.29 is 13.5 Å². The summed E-state index contributed by atoms with van der Waals surface area (Å²) in [5.74, 6) is 0. The van der Waals surface area contributed by atoms with Gasteiger partial charge in [0.25, 0.3) is 0 Å². The molecule has 0 aliphatic rings. The van der Waals surface area contributed by atoms with E-state index in [-0.39, 0.29) is 6.61 Å². The molecule has 0 aromatic heterocycles. The Hall–Kier alpha value is -0.130. The van der Waals surface area contributed by atoms with E-state index >= 15 is 0 Å². The van der Waals surface area contributed by atoms with E-state index in [1.165, 1.54) is 6.26 Å². The molecule has 0 saturated heterocycles. The largest absolute Gasteiger partial charge is 0.396 e. The maximum atomic E-state index is 11.3. The van der Waals surface area contributed by atoms with Gasteiger partial charge < -0.3 is 10.4 Å². The van der Waals surface area contributed by atoms with E-state index in [0.717, 1.165) is 19.4 Å². The zero-order chi connectivity index (χ0) is 11.2. The fourth-order valence-electron chi connectivity index (χ4n) is 0.882. The Balaban J connectivity index is 3.79. The van der Waals surface area contributed by atoms with Crippen LogP contribution >= 0.6 is 0 Å². The summed E-state index contributed by atoms with van der Waals surface area (Å²) in [5, 5.41) is 11.6. The van der Waals surface area contributed by atoms with Gasteiger partial charge in [-0.15, -0.1) is 0 Å². The van der Waals surface area contributed by atoms with Gasteiger partial charge in [0.2, 0.25) is 0 Å². The highest BCUT2D eigenvalue weighted by Gasteiger charge is 2.29. The van der Waals surface area contributed by atoms with E-state index in [2.05, 4.69) is 5.32 Å². The van der Waals surface area contributed by atoms with Crippen molar-refractivity contribution in [3.8, 4) is 0 Å². The Morgan fingerprint density at radius 2 is 1.86 bits per heavy atom. The molecular weight excluding hydrogens is 202 g/mol. The molecule has 2 N–H and O–H groups in total. The molecular formula is C9H21NO3S. The monoisotopic (exact) mass is 223 g/mol. The molecule has 0 aliphatic carbocycles. The number of aliphatic hydroxyl groups is 1. The number of rotatable bonds is 7. The lowest BCUT2D eigenvalue weighted by atomic mass is 10.2. The molecule has 5 heteroatoms. The molecule has 0 saturated carbocycles. The number of aliphatic hydroxyl groups excluding tert-OH is 1. The zero-order valence-corrected chi connectivity index (χ0v) is 10.0. The predicted octanol–water partition coefficient (Wildman–Crippen LogP) is 0.172. The summed E-state index contributed by atoms with van der Waals surface area (Å²) in [6, 6.07) is 0. The Morgan fingerprint density at radius 1 is 1.29 bits per heavy atom. The van der Waals surface area contributed by atoms with Crippen molar-refractivity contribution in [3.63, 3.8) is 0 Å². The first kappa shape index (κ1) is 13.9. The van der Waals surface area contributed by atoms with E-state index in [0.29, 0.717) is 6.54 Å². The fourth-order valence-corrected chi connectivity index (χ4v) is 1.25. The topological polar surface area (TPSA) is 66.4 Å². The molecule has 0 atom stereocenters. The Kier molecular flexibility index (Phi) is 5.63. The molecule has 4 nitrogen and oxygen atoms in total. The second-order valence-electron chi connectivity index (χ2n) is 4.14. The van der Waals surface area contributed by atoms with Crippen molar-refractivity contribution in [3.05, 3.63) is 0 Å². The van der Waals surface area contributed by atoms with Crippen LogP contribution < -0.4 is 5.32 Å². The molecule has 0 heterocycles. The third kappa shape index (κ3) is 4.93. The minimum Gasteiger partial charge on any atom is -0.396 e. The quantitative estimate of drug-likeness (QED) is 0.604. The first-order valence-corrected chi connectivity index (χ1v) is 6.71. The van der Waals surface area contributed by atoms with Crippen LogP contribution in [0.5, 0.6) is 0 Å². The minimum atomic E-state index is -3.01. The molecule has 0 fully saturated rings. The standard InChI is InChI=1S/C9H21NO3S/c1-9(2,14(3,12)13)8-10-6-4-5-7-11/h10-11H,4-8H2,1-3H3. The van der Waals surface area contributed by atoms with Crippen LogP contribution in [0.25, 0.3) is 0 Å². The van der Waals surface area contributed by atoms with Crippen molar-refractivity contribution in [2.75, 3.05) is 26.0 Å². The van der Waals surface area contributed by atoms with Crippen molar-refractivity contribution in [2.45, 2.75) is 31.4 Å². The lowest BCUT2D eigenvalue weighted by Gasteiger charge is -2.22. The van der Waals surface area contributed by atoms with Gasteiger partial charge in [-0.05, 0) is 33.2 Å². The molecule has 0 aromatic carbocycles. The summed E-state index contributed by atoms with van der Waals surface area (Å²) < 4.78 is 21.9. The Labute approximate surface area is 86.6 Å². The molecule has 0 amide bonds. The van der Waals surface area contributed by atoms with Gasteiger partial charge >= 0.3 is 0 Å². The third-order valence-electron chi connectivity index (χ3n) is 2.32. The molecule has 0 unspecified atom stereocenters. The van der Waals surface area contributed by atoms with Crippen LogP contribution in [0, 0.1) is 0 Å². The Bertz CT molecular complexity index is 247. The highest BCUT2D eigenvalue weighted by Crippen LogP contribution is 2.13. The second-order valence-corrected chi connectivity index (χ2v) is 6.79. The van der Waals surface area contributed by atoms with Crippen molar-refractivity contribution in [2.24, 2.45) is 0 Å². The van der Waals surface area contributed by atoms with Gasteiger partial charge in [-0.2, -0.15) is 0 Å². The highest BCUT2D eigenvalue weighted by atomic mass is 32.2. The first-order valence-electron chi connectivity index (χ1n) is 4.82. The van der Waals surface area contributed by atoms with E-state index < -0.39 is 14.6 Å². The third-order valence-corrected chi connectivity index (χ3v) is 4.47. The number of sulfone groups is 1. The van der Waals surface area contributed by atoms with Crippen molar-refractivity contribution >= 4 is 9.84 Å². The second kappa shape index (κ2) is 5.68. The molecule has 0 aliphatic heterocycles. The molecule has 86 valence electrons. The van der Waals surface area contributed by atoms with Gasteiger partial charge in [-0.3, -0.25) is 0 Å². The Morgan fingerprint density at radius 3 is 2.29 bits per heavy atom. The first-order chi connectivity index (χ1) is 6.31. The van der Waals surface area contributed by atoms with E-state index in [9.17, 15) is 8.42 Å². The summed E-state index contributed by atoms with van der Waals surface area (Å²) in [5.41, 5.74) is 0. The maximum absolute atomic E-state index is 11.3. The van der Waals surface area contributed by atoms with Gasteiger partial charge in [0.1, 0.15) is 0 Å². The van der Waals surface area contributed by atoms with Gasteiger partial charge in [-0.1, -0.05) is 0 Å². The van der Waals surface area contributed by atoms with E-state index in [4.69, 9.17) is 5.11 Å². The number of hydrogen-bond acceptors (Lipinski definition) is 4. The molecule has 0 radical (unpaired) electrons. The lowest BCUT2D eigenvalue weighted by Crippen LogP contribution is -2.41. The van der Waals surface area contributed by atoms with Crippen LogP contribution in [0.4, 0.5) is 0 Å². The normalized spacial score (nSPS) is 13.1. The van der Waals surface area contributed by atoms with E-state index in [1.807, 2.05) is 0 Å². The van der Waals surface area contributed by atoms with Crippen LogP contribution in [-0.2, 0) is 9.84 Å².